The molecule has 0 aliphatic heterocycles. The summed E-state index contributed by atoms with van der Waals surface area (Å²) in [4.78, 5) is 26.7. The lowest BCUT2D eigenvalue weighted by Crippen LogP contribution is -2.32. The fourth-order valence-corrected chi connectivity index (χ4v) is 2.71. The molecule has 0 spiro atoms. The van der Waals surface area contributed by atoms with Gasteiger partial charge in [0.1, 0.15) is 5.56 Å². The number of hydrogen-bond acceptors (Lipinski definition) is 5. The zero-order valence-electron chi connectivity index (χ0n) is 14.7. The molecule has 0 saturated carbocycles. The van der Waals surface area contributed by atoms with Gasteiger partial charge in [0.25, 0.3) is 5.56 Å². The molecule has 0 aliphatic rings. The zero-order valence-corrected chi connectivity index (χ0v) is 15.4. The van der Waals surface area contributed by atoms with Crippen LogP contribution < -0.4 is 16.7 Å². The molecule has 0 saturated heterocycles. The smallest absolute Gasteiger partial charge is 0.335 e. The Morgan fingerprint density at radius 1 is 1.15 bits per heavy atom. The number of nitrogens with zero attached hydrogens (tertiary/aromatic N) is 2. The van der Waals surface area contributed by atoms with Crippen LogP contribution in [0.2, 0.25) is 5.02 Å². The van der Waals surface area contributed by atoms with Crippen molar-refractivity contribution in [3.05, 3.63) is 85.5 Å². The highest BCUT2D eigenvalue weighted by molar-refractivity contribution is 6.30. The van der Waals surface area contributed by atoms with Gasteiger partial charge in [-0.2, -0.15) is 5.10 Å². The number of aromatic amines is 1. The standard InChI is InChI=1S/C19H17ClN4O3/c1-11-5-3-4-6-15(11)23-22-12(2)16-17(25)21-19(27)24(18(16)26)14-9-7-13(20)8-10-14/h3-10,23,26H,1-2H3,(H,21,25,27). The number of H-pyrrole nitrogens is 1. The normalized spacial score (nSPS) is 11.4. The van der Waals surface area contributed by atoms with Crippen molar-refractivity contribution in [3.63, 3.8) is 0 Å². The Morgan fingerprint density at radius 2 is 1.81 bits per heavy atom. The van der Waals surface area contributed by atoms with E-state index < -0.39 is 17.1 Å². The number of anilines is 1. The second kappa shape index (κ2) is 7.51. The van der Waals surface area contributed by atoms with Gasteiger partial charge in [0.15, 0.2) is 0 Å². The number of aryl methyl sites for hydroxylation is 1. The van der Waals surface area contributed by atoms with E-state index in [1.54, 1.807) is 31.2 Å². The van der Waals surface area contributed by atoms with Gasteiger partial charge < -0.3 is 5.11 Å². The quantitative estimate of drug-likeness (QED) is 0.475. The van der Waals surface area contributed by atoms with Crippen LogP contribution in [0, 0.1) is 6.92 Å². The van der Waals surface area contributed by atoms with E-state index in [1.165, 1.54) is 0 Å². The van der Waals surface area contributed by atoms with Crippen molar-refractivity contribution >= 4 is 23.0 Å². The second-order valence-electron chi connectivity index (χ2n) is 5.89. The van der Waals surface area contributed by atoms with E-state index in [4.69, 9.17) is 11.6 Å². The molecule has 0 amide bonds. The van der Waals surface area contributed by atoms with E-state index in [0.29, 0.717) is 10.7 Å². The molecule has 3 N–H and O–H groups in total. The summed E-state index contributed by atoms with van der Waals surface area (Å²) >= 11 is 5.86. The van der Waals surface area contributed by atoms with Crippen LogP contribution in [0.15, 0.2) is 63.2 Å². The molecule has 138 valence electrons. The predicted octanol–water partition coefficient (Wildman–Crippen LogP) is 3.03. The first-order chi connectivity index (χ1) is 12.9. The molecule has 27 heavy (non-hydrogen) atoms. The number of benzene rings is 2. The summed E-state index contributed by atoms with van der Waals surface area (Å²) in [5, 5.41) is 15.3. The summed E-state index contributed by atoms with van der Waals surface area (Å²) < 4.78 is 0.986. The van der Waals surface area contributed by atoms with Crippen molar-refractivity contribution in [1.82, 2.24) is 9.55 Å². The molecule has 2 aromatic carbocycles. The van der Waals surface area contributed by atoms with Crippen molar-refractivity contribution in [2.75, 3.05) is 5.43 Å². The Kier molecular flexibility index (Phi) is 5.14. The average Bonchev–Trinajstić information content (AvgIpc) is 2.62. The molecule has 1 heterocycles. The Balaban J connectivity index is 2.07. The van der Waals surface area contributed by atoms with Crippen molar-refractivity contribution in [1.29, 1.82) is 0 Å². The number of halogens is 1. The highest BCUT2D eigenvalue weighted by atomic mass is 35.5. The van der Waals surface area contributed by atoms with Crippen molar-refractivity contribution < 1.29 is 5.11 Å². The number of aromatic hydroxyl groups is 1. The molecule has 0 unspecified atom stereocenters. The van der Waals surface area contributed by atoms with E-state index in [1.807, 2.05) is 31.2 Å². The van der Waals surface area contributed by atoms with Gasteiger partial charge in [-0.05, 0) is 49.7 Å². The van der Waals surface area contributed by atoms with E-state index in [-0.39, 0.29) is 11.3 Å². The van der Waals surface area contributed by atoms with Crippen molar-refractivity contribution in [2.45, 2.75) is 13.8 Å². The lowest BCUT2D eigenvalue weighted by atomic mass is 10.2. The second-order valence-corrected chi connectivity index (χ2v) is 6.33. The van der Waals surface area contributed by atoms with Crippen LogP contribution in [0.4, 0.5) is 5.69 Å². The fraction of sp³-hybridized carbons (Fsp3) is 0.105. The first-order valence-corrected chi connectivity index (χ1v) is 8.47. The Labute approximate surface area is 159 Å². The van der Waals surface area contributed by atoms with Crippen molar-refractivity contribution in [2.24, 2.45) is 5.10 Å². The number of hydrazone groups is 1. The molecule has 0 radical (unpaired) electrons. The highest BCUT2D eigenvalue weighted by Crippen LogP contribution is 2.19. The van der Waals surface area contributed by atoms with Gasteiger partial charge in [-0.25, -0.2) is 9.36 Å². The Morgan fingerprint density at radius 3 is 2.48 bits per heavy atom. The van der Waals surface area contributed by atoms with Gasteiger partial charge >= 0.3 is 5.69 Å². The van der Waals surface area contributed by atoms with Crippen LogP contribution in [-0.4, -0.2) is 20.4 Å². The van der Waals surface area contributed by atoms with E-state index in [0.717, 1.165) is 15.8 Å². The molecule has 0 fully saturated rings. The molecule has 3 aromatic rings. The van der Waals surface area contributed by atoms with E-state index in [2.05, 4.69) is 15.5 Å². The highest BCUT2D eigenvalue weighted by Gasteiger charge is 2.18. The number of nitrogens with one attached hydrogen (secondary N) is 2. The molecule has 3 rings (SSSR count). The summed E-state index contributed by atoms with van der Waals surface area (Å²) in [5.41, 5.74) is 3.59. The van der Waals surface area contributed by atoms with Crippen LogP contribution in [-0.2, 0) is 0 Å². The van der Waals surface area contributed by atoms with Gasteiger partial charge in [-0.3, -0.25) is 15.2 Å². The molecule has 8 heteroatoms. The van der Waals surface area contributed by atoms with Gasteiger partial charge in [0.2, 0.25) is 5.88 Å². The molecule has 0 bridgehead atoms. The maximum absolute atomic E-state index is 12.3. The number of hydrogen-bond donors (Lipinski definition) is 3. The summed E-state index contributed by atoms with van der Waals surface area (Å²) in [6.07, 6.45) is 0. The first-order valence-electron chi connectivity index (χ1n) is 8.09. The third kappa shape index (κ3) is 3.78. The Hall–Kier alpha value is -3.32. The van der Waals surface area contributed by atoms with Crippen LogP contribution in [0.3, 0.4) is 0 Å². The minimum atomic E-state index is -0.761. The number of aromatic nitrogens is 2. The van der Waals surface area contributed by atoms with Crippen LogP contribution in [0.25, 0.3) is 5.69 Å². The topological polar surface area (TPSA) is 99.5 Å². The fourth-order valence-electron chi connectivity index (χ4n) is 2.58. The number of rotatable bonds is 4. The monoisotopic (exact) mass is 384 g/mol. The average molecular weight is 385 g/mol. The summed E-state index contributed by atoms with van der Waals surface area (Å²) in [7, 11) is 0. The molecule has 0 atom stereocenters. The predicted molar refractivity (Wildman–Crippen MR) is 106 cm³/mol. The molecular weight excluding hydrogens is 368 g/mol. The zero-order chi connectivity index (χ0) is 19.6. The van der Waals surface area contributed by atoms with E-state index in [9.17, 15) is 14.7 Å². The van der Waals surface area contributed by atoms with Crippen LogP contribution >= 0.6 is 11.6 Å². The Bertz CT molecular complexity index is 1130. The summed E-state index contributed by atoms with van der Waals surface area (Å²) in [6, 6.07) is 13.8. The molecular formula is C19H17ClN4O3. The maximum Gasteiger partial charge on any atom is 0.335 e. The third-order valence-corrected chi connectivity index (χ3v) is 4.27. The van der Waals surface area contributed by atoms with Gasteiger partial charge in [-0.15, -0.1) is 0 Å². The maximum atomic E-state index is 12.3. The largest absolute Gasteiger partial charge is 0.493 e. The lowest BCUT2D eigenvalue weighted by Gasteiger charge is -2.12. The minimum Gasteiger partial charge on any atom is -0.493 e. The molecule has 7 nitrogen and oxygen atoms in total. The SMILES string of the molecule is CC(=NNc1ccccc1C)c1c(O)n(-c2ccc(Cl)cc2)c(=O)[nH]c1=O. The lowest BCUT2D eigenvalue weighted by molar-refractivity contribution is 0.429. The summed E-state index contributed by atoms with van der Waals surface area (Å²) in [6.45, 7) is 3.48. The van der Waals surface area contributed by atoms with Crippen LogP contribution in [0.1, 0.15) is 18.1 Å². The van der Waals surface area contributed by atoms with Crippen LogP contribution in [0.5, 0.6) is 5.88 Å². The summed E-state index contributed by atoms with van der Waals surface area (Å²) in [5.74, 6) is -0.501. The molecule has 1 aromatic heterocycles. The van der Waals surface area contributed by atoms with Gasteiger partial charge in [0, 0.05) is 5.02 Å². The number of para-hydroxylation sites is 1. The van der Waals surface area contributed by atoms with Gasteiger partial charge in [-0.1, -0.05) is 29.8 Å². The van der Waals surface area contributed by atoms with Crippen molar-refractivity contribution in [3.8, 4) is 11.6 Å². The van der Waals surface area contributed by atoms with E-state index >= 15 is 0 Å². The first kappa shape index (κ1) is 18.5. The molecule has 0 aliphatic carbocycles. The minimum absolute atomic E-state index is 0.106. The van der Waals surface area contributed by atoms with Gasteiger partial charge in [0.05, 0.1) is 17.1 Å². The third-order valence-electron chi connectivity index (χ3n) is 4.02.